The van der Waals surface area contributed by atoms with E-state index in [9.17, 15) is 0 Å². The first kappa shape index (κ1) is 14.1. The third kappa shape index (κ3) is 2.82. The van der Waals surface area contributed by atoms with Crippen LogP contribution in [0.4, 0.5) is 0 Å². The zero-order chi connectivity index (χ0) is 11.8. The molecular formula is C13H18BrClN2O. The number of rotatable bonds is 2. The molecule has 3 rings (SSSR count). The number of hydrogen-bond donors (Lipinski definition) is 1. The van der Waals surface area contributed by atoms with Crippen molar-refractivity contribution in [2.45, 2.75) is 25.4 Å². The lowest BCUT2D eigenvalue weighted by atomic mass is 10.1. The Bertz CT molecular complexity index is 441. The number of benzene rings is 1. The van der Waals surface area contributed by atoms with Gasteiger partial charge in [0.15, 0.2) is 0 Å². The van der Waals surface area contributed by atoms with E-state index in [4.69, 9.17) is 10.5 Å². The summed E-state index contributed by atoms with van der Waals surface area (Å²) in [6.45, 7) is 3.87. The highest BCUT2D eigenvalue weighted by atomic mass is 79.9. The van der Waals surface area contributed by atoms with E-state index in [1.807, 2.05) is 0 Å². The lowest BCUT2D eigenvalue weighted by molar-refractivity contribution is 0.310. The molecule has 1 aromatic carbocycles. The SMILES string of the molecule is Cl.N[C@H]1CCN(Cc2cc(Br)cc3c2OCC3)C1. The molecular weight excluding hydrogens is 316 g/mol. The van der Waals surface area contributed by atoms with Gasteiger partial charge in [0.05, 0.1) is 6.61 Å². The van der Waals surface area contributed by atoms with Gasteiger partial charge in [-0.2, -0.15) is 0 Å². The van der Waals surface area contributed by atoms with Crippen molar-refractivity contribution in [3.05, 3.63) is 27.7 Å². The second kappa shape index (κ2) is 5.78. The van der Waals surface area contributed by atoms with Crippen LogP contribution in [0.2, 0.25) is 0 Å². The minimum Gasteiger partial charge on any atom is -0.493 e. The van der Waals surface area contributed by atoms with Crippen LogP contribution in [0.15, 0.2) is 16.6 Å². The van der Waals surface area contributed by atoms with Gasteiger partial charge in [-0.15, -0.1) is 12.4 Å². The first-order valence-electron chi connectivity index (χ1n) is 6.14. The number of fused-ring (bicyclic) bond motifs is 1. The summed E-state index contributed by atoms with van der Waals surface area (Å²) in [5.74, 6) is 1.11. The highest BCUT2D eigenvalue weighted by molar-refractivity contribution is 9.10. The van der Waals surface area contributed by atoms with Crippen molar-refractivity contribution in [1.82, 2.24) is 4.90 Å². The first-order chi connectivity index (χ1) is 8.22. The zero-order valence-electron chi connectivity index (χ0n) is 10.2. The van der Waals surface area contributed by atoms with Crippen LogP contribution in [0.25, 0.3) is 0 Å². The van der Waals surface area contributed by atoms with Gasteiger partial charge >= 0.3 is 0 Å². The van der Waals surface area contributed by atoms with E-state index >= 15 is 0 Å². The Morgan fingerprint density at radius 2 is 2.28 bits per heavy atom. The summed E-state index contributed by atoms with van der Waals surface area (Å²) < 4.78 is 6.90. The van der Waals surface area contributed by atoms with Crippen LogP contribution in [-0.2, 0) is 13.0 Å². The van der Waals surface area contributed by atoms with Crippen LogP contribution in [0.1, 0.15) is 17.5 Å². The summed E-state index contributed by atoms with van der Waals surface area (Å²) in [5, 5.41) is 0. The lowest BCUT2D eigenvalue weighted by Gasteiger charge is -2.17. The normalized spacial score (nSPS) is 22.4. The maximum absolute atomic E-state index is 5.94. The van der Waals surface area contributed by atoms with E-state index in [0.29, 0.717) is 6.04 Å². The summed E-state index contributed by atoms with van der Waals surface area (Å²) >= 11 is 3.58. The van der Waals surface area contributed by atoms with Crippen molar-refractivity contribution < 1.29 is 4.74 Å². The number of nitrogens with two attached hydrogens (primary N) is 1. The molecule has 0 spiro atoms. The molecule has 5 heteroatoms. The highest BCUT2D eigenvalue weighted by Crippen LogP contribution is 2.34. The van der Waals surface area contributed by atoms with Gasteiger partial charge < -0.3 is 10.5 Å². The second-order valence-electron chi connectivity index (χ2n) is 4.94. The first-order valence-corrected chi connectivity index (χ1v) is 6.94. The van der Waals surface area contributed by atoms with Crippen LogP contribution in [0.3, 0.4) is 0 Å². The zero-order valence-corrected chi connectivity index (χ0v) is 12.6. The largest absolute Gasteiger partial charge is 0.493 e. The molecule has 1 saturated heterocycles. The predicted octanol–water partition coefficient (Wildman–Crippen LogP) is 2.34. The molecule has 2 heterocycles. The molecule has 100 valence electrons. The minimum atomic E-state index is 0. The molecule has 0 amide bonds. The molecule has 0 unspecified atom stereocenters. The van der Waals surface area contributed by atoms with Crippen molar-refractivity contribution in [3.63, 3.8) is 0 Å². The van der Waals surface area contributed by atoms with Gasteiger partial charge in [-0.05, 0) is 24.1 Å². The third-order valence-corrected chi connectivity index (χ3v) is 3.99. The molecule has 0 bridgehead atoms. The Morgan fingerprint density at radius 1 is 1.44 bits per heavy atom. The summed E-state index contributed by atoms with van der Waals surface area (Å²) in [7, 11) is 0. The average molecular weight is 334 g/mol. The van der Waals surface area contributed by atoms with E-state index in [2.05, 4.69) is 33.0 Å². The van der Waals surface area contributed by atoms with Crippen LogP contribution >= 0.6 is 28.3 Å². The van der Waals surface area contributed by atoms with Crippen molar-refractivity contribution in [2.75, 3.05) is 19.7 Å². The molecule has 0 aliphatic carbocycles. The van der Waals surface area contributed by atoms with Crippen LogP contribution < -0.4 is 10.5 Å². The Labute approximate surface area is 122 Å². The van der Waals surface area contributed by atoms with Crippen molar-refractivity contribution in [1.29, 1.82) is 0 Å². The Kier molecular flexibility index (Phi) is 4.54. The van der Waals surface area contributed by atoms with Crippen molar-refractivity contribution >= 4 is 28.3 Å². The van der Waals surface area contributed by atoms with Crippen molar-refractivity contribution in [3.8, 4) is 5.75 Å². The highest BCUT2D eigenvalue weighted by Gasteiger charge is 2.23. The summed E-state index contributed by atoms with van der Waals surface area (Å²) in [6, 6.07) is 4.69. The maximum atomic E-state index is 5.94. The molecule has 1 fully saturated rings. The van der Waals surface area contributed by atoms with Crippen molar-refractivity contribution in [2.24, 2.45) is 5.73 Å². The molecule has 18 heavy (non-hydrogen) atoms. The standard InChI is InChI=1S/C13H17BrN2O.ClH/c14-11-5-9-2-4-17-13(9)10(6-11)7-16-3-1-12(15)8-16;/h5-6,12H,1-4,7-8,15H2;1H/t12-;/m0./s1. The maximum Gasteiger partial charge on any atom is 0.127 e. The summed E-state index contributed by atoms with van der Waals surface area (Å²) in [6.07, 6.45) is 2.14. The predicted molar refractivity (Wildman–Crippen MR) is 78.5 cm³/mol. The quantitative estimate of drug-likeness (QED) is 0.903. The molecule has 3 nitrogen and oxygen atoms in total. The van der Waals surface area contributed by atoms with Gasteiger partial charge in [-0.25, -0.2) is 0 Å². The lowest BCUT2D eigenvalue weighted by Crippen LogP contribution is -2.26. The third-order valence-electron chi connectivity index (χ3n) is 3.53. The number of nitrogens with zero attached hydrogens (tertiary/aromatic N) is 1. The fraction of sp³-hybridized carbons (Fsp3) is 0.538. The fourth-order valence-electron chi connectivity index (χ4n) is 2.71. The average Bonchev–Trinajstić information content (AvgIpc) is 2.87. The molecule has 1 atom stereocenters. The smallest absolute Gasteiger partial charge is 0.127 e. The second-order valence-corrected chi connectivity index (χ2v) is 5.85. The number of likely N-dealkylation sites (tertiary alicyclic amines) is 1. The van der Waals surface area contributed by atoms with E-state index in [1.54, 1.807) is 0 Å². The number of halogens is 2. The molecule has 2 aliphatic heterocycles. The van der Waals surface area contributed by atoms with Gasteiger partial charge in [0.1, 0.15) is 5.75 Å². The molecule has 2 aliphatic rings. The van der Waals surface area contributed by atoms with Crippen LogP contribution in [0.5, 0.6) is 5.75 Å². The van der Waals surface area contributed by atoms with Crippen LogP contribution in [0, 0.1) is 0 Å². The monoisotopic (exact) mass is 332 g/mol. The number of hydrogen-bond acceptors (Lipinski definition) is 3. The van der Waals surface area contributed by atoms with E-state index in [1.165, 1.54) is 11.1 Å². The Hall–Kier alpha value is -0.290. The van der Waals surface area contributed by atoms with Gasteiger partial charge in [-0.3, -0.25) is 4.90 Å². The van der Waals surface area contributed by atoms with Gasteiger partial charge in [0.2, 0.25) is 0 Å². The topological polar surface area (TPSA) is 38.5 Å². The fourth-order valence-corrected chi connectivity index (χ4v) is 3.26. The summed E-state index contributed by atoms with van der Waals surface area (Å²) in [4.78, 5) is 2.41. The van der Waals surface area contributed by atoms with E-state index < -0.39 is 0 Å². The Morgan fingerprint density at radius 3 is 3.00 bits per heavy atom. The molecule has 1 aromatic rings. The van der Waals surface area contributed by atoms with Gasteiger partial charge in [0, 0.05) is 42.1 Å². The van der Waals surface area contributed by atoms with E-state index in [-0.39, 0.29) is 12.4 Å². The van der Waals surface area contributed by atoms with Gasteiger partial charge in [-0.1, -0.05) is 15.9 Å². The Balaban J connectivity index is 0.00000120. The molecule has 0 saturated carbocycles. The minimum absolute atomic E-state index is 0. The van der Waals surface area contributed by atoms with E-state index in [0.717, 1.165) is 49.3 Å². The number of ether oxygens (including phenoxy) is 1. The van der Waals surface area contributed by atoms with Crippen LogP contribution in [-0.4, -0.2) is 30.6 Å². The molecule has 2 N–H and O–H groups in total. The molecule has 0 radical (unpaired) electrons. The summed E-state index contributed by atoms with van der Waals surface area (Å²) in [5.41, 5.74) is 8.56. The van der Waals surface area contributed by atoms with Gasteiger partial charge in [0.25, 0.3) is 0 Å². The molecule has 0 aromatic heterocycles.